The minimum Gasteiger partial charge on any atom is -0.493 e. The molecule has 1 fully saturated rings. The Bertz CT molecular complexity index is 1330. The van der Waals surface area contributed by atoms with E-state index in [1.54, 1.807) is 25.3 Å². The molecule has 35 heavy (non-hydrogen) atoms. The summed E-state index contributed by atoms with van der Waals surface area (Å²) in [6.45, 7) is 3.87. The normalized spacial score (nSPS) is 14.6. The second kappa shape index (κ2) is 9.61. The fourth-order valence-corrected chi connectivity index (χ4v) is 4.31. The molecular formula is C25H25F3N4O3. The lowest BCUT2D eigenvalue weighted by atomic mass is 10.2. The van der Waals surface area contributed by atoms with E-state index in [9.17, 15) is 13.2 Å². The molecule has 0 unspecified atom stereocenters. The molecule has 184 valence electrons. The van der Waals surface area contributed by atoms with E-state index in [0.717, 1.165) is 32.1 Å². The fraction of sp³-hybridized carbons (Fsp3) is 0.360. The van der Waals surface area contributed by atoms with E-state index in [1.165, 1.54) is 31.3 Å². The Morgan fingerprint density at radius 2 is 1.86 bits per heavy atom. The number of alkyl halides is 3. The van der Waals surface area contributed by atoms with E-state index in [2.05, 4.69) is 19.9 Å². The number of hydrogen-bond acceptors (Lipinski definition) is 6. The van der Waals surface area contributed by atoms with Crippen molar-refractivity contribution in [1.29, 1.82) is 0 Å². The highest BCUT2D eigenvalue weighted by Crippen LogP contribution is 2.37. The van der Waals surface area contributed by atoms with Crippen LogP contribution in [0.3, 0.4) is 0 Å². The quantitative estimate of drug-likeness (QED) is 0.318. The molecule has 1 aliphatic heterocycles. The molecule has 0 radical (unpaired) electrons. The van der Waals surface area contributed by atoms with Crippen LogP contribution in [0.4, 0.5) is 13.2 Å². The summed E-state index contributed by atoms with van der Waals surface area (Å²) in [5.41, 5.74) is 0.160. The number of fused-ring (bicyclic) bond motifs is 2. The highest BCUT2D eigenvalue weighted by molar-refractivity contribution is 5.87. The lowest BCUT2D eigenvalue weighted by molar-refractivity contribution is -0.140. The van der Waals surface area contributed by atoms with Gasteiger partial charge in [-0.3, -0.25) is 0 Å². The first-order valence-electron chi connectivity index (χ1n) is 11.5. The van der Waals surface area contributed by atoms with Crippen molar-refractivity contribution < 1.29 is 27.4 Å². The van der Waals surface area contributed by atoms with Crippen molar-refractivity contribution in [3.05, 3.63) is 48.4 Å². The maximum Gasteiger partial charge on any atom is 0.431 e. The van der Waals surface area contributed by atoms with Crippen molar-refractivity contribution in [3.8, 4) is 23.1 Å². The second-order valence-corrected chi connectivity index (χ2v) is 8.48. The van der Waals surface area contributed by atoms with Crippen molar-refractivity contribution in [2.45, 2.75) is 25.4 Å². The van der Waals surface area contributed by atoms with E-state index in [0.29, 0.717) is 45.7 Å². The number of aromatic nitrogens is 3. The van der Waals surface area contributed by atoms with Gasteiger partial charge in [0.05, 0.1) is 24.6 Å². The zero-order valence-corrected chi connectivity index (χ0v) is 19.2. The summed E-state index contributed by atoms with van der Waals surface area (Å²) in [4.78, 5) is 13.4. The minimum absolute atomic E-state index is 0.264. The van der Waals surface area contributed by atoms with Gasteiger partial charge in [0, 0.05) is 23.5 Å². The van der Waals surface area contributed by atoms with E-state index in [4.69, 9.17) is 14.2 Å². The van der Waals surface area contributed by atoms with Gasteiger partial charge < -0.3 is 24.1 Å². The molecule has 4 aromatic rings. The summed E-state index contributed by atoms with van der Waals surface area (Å²) in [5, 5.41) is 0.981. The number of methoxy groups -OCH3 is 1. The molecule has 0 bridgehead atoms. The van der Waals surface area contributed by atoms with Crippen LogP contribution in [0.2, 0.25) is 0 Å². The van der Waals surface area contributed by atoms with Gasteiger partial charge in [0.1, 0.15) is 17.8 Å². The zero-order chi connectivity index (χ0) is 24.4. The van der Waals surface area contributed by atoms with E-state index in [1.807, 2.05) is 0 Å². The molecule has 1 N–H and O–H groups in total. The minimum atomic E-state index is -4.45. The maximum atomic E-state index is 13.0. The van der Waals surface area contributed by atoms with Crippen LogP contribution in [0.15, 0.2) is 42.7 Å². The van der Waals surface area contributed by atoms with Gasteiger partial charge in [-0.25, -0.2) is 9.97 Å². The number of halogens is 3. The topological polar surface area (TPSA) is 72.5 Å². The number of rotatable bonds is 8. The Hall–Kier alpha value is -3.53. The summed E-state index contributed by atoms with van der Waals surface area (Å²) < 4.78 is 56.5. The second-order valence-electron chi connectivity index (χ2n) is 8.48. The molecule has 3 heterocycles. The summed E-state index contributed by atoms with van der Waals surface area (Å²) in [6.07, 6.45) is 0.358. The average molecular weight is 486 g/mol. The van der Waals surface area contributed by atoms with Crippen LogP contribution in [0.25, 0.3) is 21.8 Å². The van der Waals surface area contributed by atoms with Crippen LogP contribution in [0.5, 0.6) is 23.1 Å². The molecular weight excluding hydrogens is 461 g/mol. The van der Waals surface area contributed by atoms with Crippen LogP contribution in [-0.4, -0.2) is 53.2 Å². The Morgan fingerprint density at radius 3 is 2.63 bits per heavy atom. The average Bonchev–Trinajstić information content (AvgIpc) is 3.51. The summed E-state index contributed by atoms with van der Waals surface area (Å²) in [7, 11) is 1.56. The van der Waals surface area contributed by atoms with Crippen LogP contribution in [-0.2, 0) is 6.18 Å². The number of likely N-dealkylation sites (tertiary alicyclic amines) is 1. The van der Waals surface area contributed by atoms with Crippen molar-refractivity contribution >= 4 is 21.8 Å². The molecule has 5 rings (SSSR count). The van der Waals surface area contributed by atoms with Gasteiger partial charge in [0.2, 0.25) is 5.88 Å². The van der Waals surface area contributed by atoms with Gasteiger partial charge >= 0.3 is 6.18 Å². The lowest BCUT2D eigenvalue weighted by Crippen LogP contribution is -2.21. The number of benzene rings is 2. The molecule has 1 aliphatic rings. The zero-order valence-electron chi connectivity index (χ0n) is 19.2. The molecule has 7 nitrogen and oxygen atoms in total. The predicted octanol–water partition coefficient (Wildman–Crippen LogP) is 5.80. The van der Waals surface area contributed by atoms with Gasteiger partial charge in [0.15, 0.2) is 11.5 Å². The highest BCUT2D eigenvalue weighted by Gasteiger charge is 2.32. The molecule has 2 aromatic heterocycles. The molecule has 2 aromatic carbocycles. The number of nitrogens with zero attached hydrogens (tertiary/aromatic N) is 3. The number of aromatic amines is 1. The number of ether oxygens (including phenoxy) is 3. The Kier molecular flexibility index (Phi) is 6.38. The third-order valence-corrected chi connectivity index (χ3v) is 6.07. The predicted molar refractivity (Wildman–Crippen MR) is 125 cm³/mol. The number of H-pyrrole nitrogens is 1. The first kappa shape index (κ1) is 23.2. The summed E-state index contributed by atoms with van der Waals surface area (Å²) >= 11 is 0. The Balaban J connectivity index is 1.35. The van der Waals surface area contributed by atoms with Crippen molar-refractivity contribution in [1.82, 2.24) is 19.9 Å². The standard InChI is InChI=1S/C25H25F3N4O3/c1-33-21-13-18-20(14-22(21)34-10-4-9-32-7-2-3-8-32)29-15-30-24(18)35-17-5-6-19-16(11-17)12-23(31-19)25(26,27)28/h5-6,11-15,31H,2-4,7-10H2,1H3. The van der Waals surface area contributed by atoms with Crippen LogP contribution < -0.4 is 14.2 Å². The van der Waals surface area contributed by atoms with Crippen molar-refractivity contribution in [2.75, 3.05) is 33.4 Å². The number of hydrogen-bond donors (Lipinski definition) is 1. The molecule has 0 spiro atoms. The van der Waals surface area contributed by atoms with Crippen LogP contribution in [0.1, 0.15) is 25.0 Å². The van der Waals surface area contributed by atoms with Crippen molar-refractivity contribution in [2.24, 2.45) is 0 Å². The van der Waals surface area contributed by atoms with Crippen LogP contribution in [0, 0.1) is 0 Å². The SMILES string of the molecule is COc1cc2c(Oc3ccc4[nH]c(C(F)(F)F)cc4c3)ncnc2cc1OCCCN1CCCC1. The fourth-order valence-electron chi connectivity index (χ4n) is 4.31. The number of nitrogens with one attached hydrogen (secondary N) is 1. The van der Waals surface area contributed by atoms with Gasteiger partial charge in [-0.15, -0.1) is 0 Å². The molecule has 0 aliphatic carbocycles. The maximum absolute atomic E-state index is 13.0. The molecule has 0 amide bonds. The van der Waals surface area contributed by atoms with Gasteiger partial charge in [0.25, 0.3) is 0 Å². The highest BCUT2D eigenvalue weighted by atomic mass is 19.4. The van der Waals surface area contributed by atoms with Gasteiger partial charge in [-0.1, -0.05) is 0 Å². The van der Waals surface area contributed by atoms with Gasteiger partial charge in [-0.2, -0.15) is 13.2 Å². The molecule has 10 heteroatoms. The van der Waals surface area contributed by atoms with Gasteiger partial charge in [-0.05, 0) is 62.7 Å². The van der Waals surface area contributed by atoms with E-state index >= 15 is 0 Å². The third kappa shape index (κ3) is 5.12. The molecule has 0 saturated carbocycles. The first-order valence-corrected chi connectivity index (χ1v) is 11.5. The molecule has 1 saturated heterocycles. The smallest absolute Gasteiger partial charge is 0.431 e. The van der Waals surface area contributed by atoms with Crippen LogP contribution >= 0.6 is 0 Å². The Labute approximate surface area is 199 Å². The largest absolute Gasteiger partial charge is 0.493 e. The molecule has 0 atom stereocenters. The first-order chi connectivity index (χ1) is 16.9. The summed E-state index contributed by atoms with van der Waals surface area (Å²) in [5.74, 6) is 1.72. The Morgan fingerprint density at radius 1 is 1.03 bits per heavy atom. The van der Waals surface area contributed by atoms with E-state index in [-0.39, 0.29) is 5.88 Å². The third-order valence-electron chi connectivity index (χ3n) is 6.07. The van der Waals surface area contributed by atoms with Crippen molar-refractivity contribution in [3.63, 3.8) is 0 Å². The van der Waals surface area contributed by atoms with E-state index < -0.39 is 11.9 Å². The summed E-state index contributed by atoms with van der Waals surface area (Å²) in [6, 6.07) is 9.24. The monoisotopic (exact) mass is 486 g/mol. The lowest BCUT2D eigenvalue weighted by Gasteiger charge is -2.16.